The highest BCUT2D eigenvalue weighted by molar-refractivity contribution is 5.78. The van der Waals surface area contributed by atoms with E-state index in [2.05, 4.69) is 30.5 Å². The van der Waals surface area contributed by atoms with Gasteiger partial charge in [0.05, 0.1) is 19.8 Å². The number of carbonyl (C=O) groups excluding carboxylic acids is 1. The lowest BCUT2D eigenvalue weighted by Gasteiger charge is -2.27. The minimum Gasteiger partial charge on any atom is -0.378 e. The normalized spacial score (nSPS) is 23.9. The summed E-state index contributed by atoms with van der Waals surface area (Å²) in [5.41, 5.74) is 1.28. The van der Waals surface area contributed by atoms with Crippen LogP contribution in [-0.2, 0) is 9.53 Å². The standard InChI is InChI=1S/C14H22N2O2/c1-12-2-4-13(5-3-12)10-15-11-14(17)16-6-8-18-9-7-16/h2,4-5,12,15H,3,6-11H2,1H3. The number of ether oxygens (including phenoxy) is 1. The highest BCUT2D eigenvalue weighted by Crippen LogP contribution is 2.14. The Morgan fingerprint density at radius 2 is 2.28 bits per heavy atom. The topological polar surface area (TPSA) is 41.6 Å². The molecular formula is C14H22N2O2. The van der Waals surface area contributed by atoms with E-state index in [9.17, 15) is 4.79 Å². The van der Waals surface area contributed by atoms with Crippen molar-refractivity contribution in [1.82, 2.24) is 10.2 Å². The van der Waals surface area contributed by atoms with Crippen LogP contribution < -0.4 is 5.32 Å². The Hall–Kier alpha value is -1.13. The Morgan fingerprint density at radius 3 is 2.94 bits per heavy atom. The molecule has 1 aliphatic carbocycles. The molecule has 1 N–H and O–H groups in total. The first-order valence-corrected chi connectivity index (χ1v) is 6.69. The summed E-state index contributed by atoms with van der Waals surface area (Å²) in [5.74, 6) is 0.816. The van der Waals surface area contributed by atoms with Gasteiger partial charge in [0.25, 0.3) is 0 Å². The molecule has 18 heavy (non-hydrogen) atoms. The van der Waals surface area contributed by atoms with Crippen LogP contribution >= 0.6 is 0 Å². The van der Waals surface area contributed by atoms with Gasteiger partial charge in [-0.3, -0.25) is 4.79 Å². The molecule has 1 aliphatic heterocycles. The van der Waals surface area contributed by atoms with E-state index >= 15 is 0 Å². The van der Waals surface area contributed by atoms with Gasteiger partial charge in [-0.15, -0.1) is 0 Å². The Bertz CT molecular complexity index is 344. The van der Waals surface area contributed by atoms with E-state index in [1.165, 1.54) is 5.57 Å². The third-order valence-electron chi connectivity index (χ3n) is 3.36. The first-order chi connectivity index (χ1) is 8.75. The van der Waals surface area contributed by atoms with Gasteiger partial charge in [0, 0.05) is 19.6 Å². The number of hydrogen-bond acceptors (Lipinski definition) is 3. The largest absolute Gasteiger partial charge is 0.378 e. The van der Waals surface area contributed by atoms with E-state index < -0.39 is 0 Å². The number of nitrogens with zero attached hydrogens (tertiary/aromatic N) is 1. The molecule has 0 bridgehead atoms. The van der Waals surface area contributed by atoms with Crippen LogP contribution in [0.4, 0.5) is 0 Å². The highest BCUT2D eigenvalue weighted by Gasteiger charge is 2.16. The van der Waals surface area contributed by atoms with E-state index in [4.69, 9.17) is 4.74 Å². The molecule has 2 aliphatic rings. The van der Waals surface area contributed by atoms with Gasteiger partial charge in [-0.25, -0.2) is 0 Å². The molecule has 1 unspecified atom stereocenters. The molecular weight excluding hydrogens is 228 g/mol. The minimum absolute atomic E-state index is 0.173. The second kappa shape index (κ2) is 6.71. The van der Waals surface area contributed by atoms with E-state index in [0.717, 1.165) is 26.1 Å². The number of carbonyl (C=O) groups is 1. The SMILES string of the molecule is CC1C=CC(CNCC(=O)N2CCOCC2)=CC1. The summed E-state index contributed by atoms with van der Waals surface area (Å²) in [6.07, 6.45) is 7.73. The zero-order chi connectivity index (χ0) is 12.8. The maximum absolute atomic E-state index is 11.9. The van der Waals surface area contributed by atoms with Crippen LogP contribution in [0.5, 0.6) is 0 Å². The van der Waals surface area contributed by atoms with E-state index in [0.29, 0.717) is 25.7 Å². The lowest BCUT2D eigenvalue weighted by Crippen LogP contribution is -2.44. The molecule has 100 valence electrons. The van der Waals surface area contributed by atoms with Crippen molar-refractivity contribution in [3.05, 3.63) is 23.8 Å². The molecule has 0 radical (unpaired) electrons. The van der Waals surface area contributed by atoms with Gasteiger partial charge >= 0.3 is 0 Å². The van der Waals surface area contributed by atoms with Crippen molar-refractivity contribution in [3.8, 4) is 0 Å². The molecule has 1 heterocycles. The van der Waals surface area contributed by atoms with Gasteiger partial charge in [-0.2, -0.15) is 0 Å². The van der Waals surface area contributed by atoms with Crippen molar-refractivity contribution in [2.24, 2.45) is 5.92 Å². The van der Waals surface area contributed by atoms with E-state index in [-0.39, 0.29) is 5.91 Å². The predicted molar refractivity (Wildman–Crippen MR) is 71.3 cm³/mol. The van der Waals surface area contributed by atoms with Gasteiger partial charge in [-0.1, -0.05) is 25.2 Å². The quantitative estimate of drug-likeness (QED) is 0.808. The second-order valence-electron chi connectivity index (χ2n) is 4.95. The lowest BCUT2D eigenvalue weighted by atomic mass is 9.99. The number of nitrogens with one attached hydrogen (secondary N) is 1. The van der Waals surface area contributed by atoms with Crippen molar-refractivity contribution >= 4 is 5.91 Å². The number of amides is 1. The van der Waals surface area contributed by atoms with Gasteiger partial charge in [-0.05, 0) is 17.9 Å². The zero-order valence-electron chi connectivity index (χ0n) is 11.0. The molecule has 1 atom stereocenters. The molecule has 2 rings (SSSR count). The van der Waals surface area contributed by atoms with Gasteiger partial charge < -0.3 is 15.0 Å². The zero-order valence-corrected chi connectivity index (χ0v) is 11.0. The van der Waals surface area contributed by atoms with Crippen molar-refractivity contribution < 1.29 is 9.53 Å². The Labute approximate surface area is 109 Å². The molecule has 1 fully saturated rings. The van der Waals surface area contributed by atoms with Crippen molar-refractivity contribution in [1.29, 1.82) is 0 Å². The first kappa shape index (κ1) is 13.3. The first-order valence-electron chi connectivity index (χ1n) is 6.69. The summed E-state index contributed by atoms with van der Waals surface area (Å²) in [6, 6.07) is 0. The van der Waals surface area contributed by atoms with Crippen LogP contribution in [0.1, 0.15) is 13.3 Å². The Kier molecular flexibility index (Phi) is 4.96. The monoisotopic (exact) mass is 250 g/mol. The predicted octanol–water partition coefficient (Wildman–Crippen LogP) is 0.957. The fourth-order valence-corrected chi connectivity index (χ4v) is 2.14. The maximum atomic E-state index is 11.9. The number of morpholine rings is 1. The van der Waals surface area contributed by atoms with Crippen LogP contribution in [0.15, 0.2) is 23.8 Å². The number of rotatable bonds is 4. The fourth-order valence-electron chi connectivity index (χ4n) is 2.14. The summed E-state index contributed by atoms with van der Waals surface area (Å²) in [7, 11) is 0. The summed E-state index contributed by atoms with van der Waals surface area (Å²) in [5, 5.41) is 3.22. The van der Waals surface area contributed by atoms with Crippen LogP contribution in [0, 0.1) is 5.92 Å². The van der Waals surface area contributed by atoms with Gasteiger partial charge in [0.2, 0.25) is 5.91 Å². The second-order valence-corrected chi connectivity index (χ2v) is 4.95. The third kappa shape index (κ3) is 3.96. The van der Waals surface area contributed by atoms with Crippen LogP contribution in [0.25, 0.3) is 0 Å². The summed E-state index contributed by atoms with van der Waals surface area (Å²) in [4.78, 5) is 13.7. The minimum atomic E-state index is 0.173. The van der Waals surface area contributed by atoms with Crippen molar-refractivity contribution in [3.63, 3.8) is 0 Å². The smallest absolute Gasteiger partial charge is 0.236 e. The molecule has 0 spiro atoms. The van der Waals surface area contributed by atoms with Crippen molar-refractivity contribution in [2.75, 3.05) is 39.4 Å². The third-order valence-corrected chi connectivity index (χ3v) is 3.36. The molecule has 1 amide bonds. The molecule has 0 aromatic heterocycles. The van der Waals surface area contributed by atoms with Crippen LogP contribution in [0.2, 0.25) is 0 Å². The van der Waals surface area contributed by atoms with Crippen molar-refractivity contribution in [2.45, 2.75) is 13.3 Å². The molecule has 0 aromatic carbocycles. The van der Waals surface area contributed by atoms with Crippen LogP contribution in [-0.4, -0.2) is 50.2 Å². The maximum Gasteiger partial charge on any atom is 0.236 e. The number of hydrogen-bond donors (Lipinski definition) is 1. The van der Waals surface area contributed by atoms with E-state index in [1.807, 2.05) is 4.90 Å². The summed E-state index contributed by atoms with van der Waals surface area (Å²) < 4.78 is 5.23. The highest BCUT2D eigenvalue weighted by atomic mass is 16.5. The summed E-state index contributed by atoms with van der Waals surface area (Å²) >= 11 is 0. The average Bonchev–Trinajstić information content (AvgIpc) is 2.42. The Morgan fingerprint density at radius 1 is 1.50 bits per heavy atom. The van der Waals surface area contributed by atoms with Crippen LogP contribution in [0.3, 0.4) is 0 Å². The number of allylic oxidation sites excluding steroid dienone is 2. The molecule has 1 saturated heterocycles. The molecule has 4 heteroatoms. The summed E-state index contributed by atoms with van der Waals surface area (Å²) in [6.45, 7) is 6.18. The van der Waals surface area contributed by atoms with E-state index in [1.54, 1.807) is 0 Å². The lowest BCUT2D eigenvalue weighted by molar-refractivity contribution is -0.134. The molecule has 0 saturated carbocycles. The molecule has 4 nitrogen and oxygen atoms in total. The Balaban J connectivity index is 1.66. The van der Waals surface area contributed by atoms with Gasteiger partial charge in [0.15, 0.2) is 0 Å². The molecule has 0 aromatic rings. The van der Waals surface area contributed by atoms with Gasteiger partial charge in [0.1, 0.15) is 0 Å². The average molecular weight is 250 g/mol. The fraction of sp³-hybridized carbons (Fsp3) is 0.643.